The molecule has 0 fully saturated rings. The van der Waals surface area contributed by atoms with Gasteiger partial charge in [-0.25, -0.2) is 0 Å². The summed E-state index contributed by atoms with van der Waals surface area (Å²) < 4.78 is 5.54. The monoisotopic (exact) mass is 347 g/mol. The second kappa shape index (κ2) is 7.15. The standard InChI is InChI=1S/C14H19BrClNO2/c1-8(2)13(15)14(18)17-10-5-6-12(11(16)7-10)19-9(3)4/h5-9,13H,1-4H3,(H,17,18). The minimum atomic E-state index is -0.224. The number of carbonyl (C=O) groups excluding carboxylic acids is 1. The van der Waals surface area contributed by atoms with Gasteiger partial charge in [-0.05, 0) is 38.0 Å². The van der Waals surface area contributed by atoms with Gasteiger partial charge in [-0.2, -0.15) is 0 Å². The van der Waals surface area contributed by atoms with Crippen LogP contribution < -0.4 is 10.1 Å². The first kappa shape index (κ1) is 16.3. The maximum absolute atomic E-state index is 11.9. The van der Waals surface area contributed by atoms with Crippen molar-refractivity contribution >= 4 is 39.1 Å². The van der Waals surface area contributed by atoms with Gasteiger partial charge in [0.1, 0.15) is 5.75 Å². The summed E-state index contributed by atoms with van der Waals surface area (Å²) >= 11 is 9.47. The Morgan fingerprint density at radius 1 is 1.32 bits per heavy atom. The summed E-state index contributed by atoms with van der Waals surface area (Å²) in [5.74, 6) is 0.761. The molecule has 0 aliphatic carbocycles. The van der Waals surface area contributed by atoms with E-state index in [1.54, 1.807) is 18.2 Å². The summed E-state index contributed by atoms with van der Waals surface area (Å²) in [5, 5.41) is 3.31. The van der Waals surface area contributed by atoms with Crippen molar-refractivity contribution in [3.05, 3.63) is 23.2 Å². The maximum atomic E-state index is 11.9. The van der Waals surface area contributed by atoms with E-state index in [4.69, 9.17) is 16.3 Å². The molecule has 1 unspecified atom stereocenters. The Hall–Kier alpha value is -0.740. The van der Waals surface area contributed by atoms with Gasteiger partial charge in [0.15, 0.2) is 0 Å². The second-order valence-corrected chi connectivity index (χ2v) is 6.34. The molecule has 0 aromatic heterocycles. The number of anilines is 1. The largest absolute Gasteiger partial charge is 0.489 e. The van der Waals surface area contributed by atoms with Gasteiger partial charge in [-0.1, -0.05) is 41.4 Å². The number of hydrogen-bond donors (Lipinski definition) is 1. The Morgan fingerprint density at radius 3 is 2.42 bits per heavy atom. The van der Waals surface area contributed by atoms with Crippen molar-refractivity contribution in [2.45, 2.75) is 38.6 Å². The number of hydrogen-bond acceptors (Lipinski definition) is 2. The normalized spacial score (nSPS) is 12.6. The molecule has 1 N–H and O–H groups in total. The highest BCUT2D eigenvalue weighted by molar-refractivity contribution is 9.10. The quantitative estimate of drug-likeness (QED) is 0.796. The van der Waals surface area contributed by atoms with Gasteiger partial charge in [0.25, 0.3) is 0 Å². The molecule has 1 amide bonds. The van der Waals surface area contributed by atoms with Gasteiger partial charge in [-0.15, -0.1) is 0 Å². The highest BCUT2D eigenvalue weighted by Crippen LogP contribution is 2.29. The van der Waals surface area contributed by atoms with E-state index in [2.05, 4.69) is 21.2 Å². The third kappa shape index (κ3) is 5.03. The van der Waals surface area contributed by atoms with Gasteiger partial charge in [0, 0.05) is 5.69 Å². The fourth-order valence-corrected chi connectivity index (χ4v) is 1.78. The van der Waals surface area contributed by atoms with Crippen LogP contribution in [0.5, 0.6) is 5.75 Å². The van der Waals surface area contributed by atoms with Crippen LogP contribution in [0.1, 0.15) is 27.7 Å². The van der Waals surface area contributed by atoms with Crippen LogP contribution in [0.4, 0.5) is 5.69 Å². The molecule has 0 aliphatic rings. The first-order valence-corrected chi connectivity index (χ1v) is 7.51. The molecule has 0 saturated heterocycles. The number of ether oxygens (including phenoxy) is 1. The van der Waals surface area contributed by atoms with Crippen LogP contribution in [-0.2, 0) is 4.79 Å². The van der Waals surface area contributed by atoms with Crippen molar-refractivity contribution in [2.24, 2.45) is 5.92 Å². The summed E-state index contributed by atoms with van der Waals surface area (Å²) in [6, 6.07) is 5.23. The highest BCUT2D eigenvalue weighted by atomic mass is 79.9. The van der Waals surface area contributed by atoms with Crippen molar-refractivity contribution < 1.29 is 9.53 Å². The third-order valence-electron chi connectivity index (χ3n) is 2.40. The average molecular weight is 349 g/mol. The van der Waals surface area contributed by atoms with Crippen molar-refractivity contribution in [3.8, 4) is 5.75 Å². The van der Waals surface area contributed by atoms with Crippen molar-refractivity contribution in [1.82, 2.24) is 0 Å². The molecule has 1 aromatic carbocycles. The molecule has 19 heavy (non-hydrogen) atoms. The fraction of sp³-hybridized carbons (Fsp3) is 0.500. The molecule has 0 bridgehead atoms. The van der Waals surface area contributed by atoms with Gasteiger partial charge in [0.05, 0.1) is 16.0 Å². The molecule has 1 rings (SSSR count). The predicted molar refractivity (Wildman–Crippen MR) is 83.4 cm³/mol. The van der Waals surface area contributed by atoms with E-state index in [1.807, 2.05) is 27.7 Å². The summed E-state index contributed by atoms with van der Waals surface area (Å²) in [4.78, 5) is 11.7. The molecule has 1 atom stereocenters. The van der Waals surface area contributed by atoms with E-state index >= 15 is 0 Å². The summed E-state index contributed by atoms with van der Waals surface area (Å²) in [7, 11) is 0. The van der Waals surface area contributed by atoms with Gasteiger partial charge in [-0.3, -0.25) is 4.79 Å². The Kier molecular flexibility index (Phi) is 6.14. The number of nitrogens with one attached hydrogen (secondary N) is 1. The summed E-state index contributed by atoms with van der Waals surface area (Å²) in [6.45, 7) is 7.82. The minimum absolute atomic E-state index is 0.0609. The molecular formula is C14H19BrClNO2. The van der Waals surface area contributed by atoms with Crippen LogP contribution in [-0.4, -0.2) is 16.8 Å². The van der Waals surface area contributed by atoms with Crippen molar-refractivity contribution in [3.63, 3.8) is 0 Å². The lowest BCUT2D eigenvalue weighted by molar-refractivity contribution is -0.116. The van der Waals surface area contributed by atoms with Crippen LogP contribution in [0.15, 0.2) is 18.2 Å². The maximum Gasteiger partial charge on any atom is 0.238 e. The van der Waals surface area contributed by atoms with Crippen LogP contribution in [0, 0.1) is 5.92 Å². The fourth-order valence-electron chi connectivity index (χ4n) is 1.44. The first-order valence-electron chi connectivity index (χ1n) is 6.22. The second-order valence-electron chi connectivity index (χ2n) is 4.95. The average Bonchev–Trinajstić information content (AvgIpc) is 2.31. The van der Waals surface area contributed by atoms with E-state index in [9.17, 15) is 4.79 Å². The topological polar surface area (TPSA) is 38.3 Å². The van der Waals surface area contributed by atoms with E-state index in [1.165, 1.54) is 0 Å². The number of alkyl halides is 1. The molecule has 3 nitrogen and oxygen atoms in total. The van der Waals surface area contributed by atoms with E-state index in [-0.39, 0.29) is 22.8 Å². The number of rotatable bonds is 5. The summed E-state index contributed by atoms with van der Waals surface area (Å²) in [5.41, 5.74) is 0.663. The molecule has 0 heterocycles. The molecule has 106 valence electrons. The molecule has 1 aromatic rings. The Balaban J connectivity index is 2.76. The van der Waals surface area contributed by atoms with Gasteiger partial charge in [0.2, 0.25) is 5.91 Å². The molecule has 5 heteroatoms. The molecule has 0 radical (unpaired) electrons. The Morgan fingerprint density at radius 2 is 1.95 bits per heavy atom. The lowest BCUT2D eigenvalue weighted by Gasteiger charge is -2.15. The van der Waals surface area contributed by atoms with E-state index < -0.39 is 0 Å². The van der Waals surface area contributed by atoms with E-state index in [0.29, 0.717) is 16.5 Å². The van der Waals surface area contributed by atoms with Crippen LogP contribution in [0.3, 0.4) is 0 Å². The van der Waals surface area contributed by atoms with Crippen LogP contribution in [0.2, 0.25) is 5.02 Å². The number of carbonyl (C=O) groups is 1. The molecule has 0 saturated carbocycles. The van der Waals surface area contributed by atoms with Gasteiger partial charge >= 0.3 is 0 Å². The Labute approximate surface area is 127 Å². The molecule has 0 spiro atoms. The zero-order valence-electron chi connectivity index (χ0n) is 11.5. The van der Waals surface area contributed by atoms with Crippen LogP contribution in [0.25, 0.3) is 0 Å². The smallest absolute Gasteiger partial charge is 0.238 e. The number of benzene rings is 1. The first-order chi connectivity index (χ1) is 8.81. The third-order valence-corrected chi connectivity index (χ3v) is 4.17. The van der Waals surface area contributed by atoms with Crippen LogP contribution >= 0.6 is 27.5 Å². The van der Waals surface area contributed by atoms with E-state index in [0.717, 1.165) is 0 Å². The summed E-state index contributed by atoms with van der Waals surface area (Å²) in [6.07, 6.45) is 0.0609. The zero-order chi connectivity index (χ0) is 14.6. The predicted octanol–water partition coefficient (Wildman–Crippen LogP) is 4.49. The number of halogens is 2. The molecule has 0 aliphatic heterocycles. The van der Waals surface area contributed by atoms with Crippen molar-refractivity contribution in [1.29, 1.82) is 0 Å². The lowest BCUT2D eigenvalue weighted by Crippen LogP contribution is -2.26. The highest BCUT2D eigenvalue weighted by Gasteiger charge is 2.18. The Bertz CT molecular complexity index is 449. The van der Waals surface area contributed by atoms with Gasteiger partial charge < -0.3 is 10.1 Å². The lowest BCUT2D eigenvalue weighted by atomic mass is 10.1. The number of amides is 1. The minimum Gasteiger partial charge on any atom is -0.489 e. The SMILES string of the molecule is CC(C)Oc1ccc(NC(=O)C(Br)C(C)C)cc1Cl. The zero-order valence-corrected chi connectivity index (χ0v) is 13.9. The molecular weight excluding hydrogens is 330 g/mol. The van der Waals surface area contributed by atoms with Crippen molar-refractivity contribution in [2.75, 3.05) is 5.32 Å².